The zero-order valence-corrected chi connectivity index (χ0v) is 14.8. The summed E-state index contributed by atoms with van der Waals surface area (Å²) in [6.07, 6.45) is 1.79. The van der Waals surface area contributed by atoms with Gasteiger partial charge in [0, 0.05) is 31.7 Å². The number of rotatable bonds is 3. The van der Waals surface area contributed by atoms with Crippen LogP contribution in [0, 0.1) is 5.92 Å². The first-order valence-corrected chi connectivity index (χ1v) is 9.90. The van der Waals surface area contributed by atoms with E-state index >= 15 is 0 Å². The van der Waals surface area contributed by atoms with Crippen LogP contribution in [-0.2, 0) is 14.8 Å². The first-order chi connectivity index (χ1) is 11.5. The highest BCUT2D eigenvalue weighted by Crippen LogP contribution is 2.23. The molecular weight excluding hydrogens is 328 g/mol. The molecule has 2 heterocycles. The molecule has 0 saturated carbocycles. The molecule has 6 nitrogen and oxygen atoms in total. The summed E-state index contributed by atoms with van der Waals surface area (Å²) in [7, 11) is -3.46. The Labute approximate surface area is 143 Å². The second-order valence-electron chi connectivity index (χ2n) is 6.52. The van der Waals surface area contributed by atoms with Gasteiger partial charge in [0.2, 0.25) is 10.0 Å². The minimum Gasteiger partial charge on any atom is -0.378 e. The van der Waals surface area contributed by atoms with Crippen molar-refractivity contribution in [1.29, 1.82) is 0 Å². The van der Waals surface area contributed by atoms with Crippen molar-refractivity contribution in [3.63, 3.8) is 0 Å². The first kappa shape index (κ1) is 17.4. The Kier molecular flexibility index (Phi) is 5.22. The molecule has 1 aromatic carbocycles. The van der Waals surface area contributed by atoms with E-state index in [-0.39, 0.29) is 10.8 Å². The number of morpholine rings is 1. The Morgan fingerprint density at radius 2 is 1.62 bits per heavy atom. The summed E-state index contributed by atoms with van der Waals surface area (Å²) < 4.78 is 32.2. The number of sulfonamides is 1. The topological polar surface area (TPSA) is 66.9 Å². The molecule has 3 rings (SSSR count). The molecule has 2 aliphatic heterocycles. The molecule has 1 aromatic rings. The summed E-state index contributed by atoms with van der Waals surface area (Å²) in [5, 5.41) is 0. The van der Waals surface area contributed by atoms with Crippen LogP contribution >= 0.6 is 0 Å². The van der Waals surface area contributed by atoms with Gasteiger partial charge in [-0.2, -0.15) is 4.31 Å². The second-order valence-corrected chi connectivity index (χ2v) is 8.45. The van der Waals surface area contributed by atoms with Crippen LogP contribution in [0.5, 0.6) is 0 Å². The first-order valence-electron chi connectivity index (χ1n) is 8.46. The standard InChI is InChI=1S/C17H24N2O4S/c1-14-6-8-19(9-7-14)24(21,22)16-4-2-15(3-5-16)17(20)18-10-12-23-13-11-18/h2-5,14H,6-13H2,1H3. The SMILES string of the molecule is CC1CCN(S(=O)(=O)c2ccc(C(=O)N3CCOCC3)cc2)CC1. The molecular formula is C17H24N2O4S. The van der Waals surface area contributed by atoms with Crippen LogP contribution < -0.4 is 0 Å². The molecule has 2 saturated heterocycles. The zero-order chi connectivity index (χ0) is 17.2. The average Bonchev–Trinajstić information content (AvgIpc) is 2.62. The van der Waals surface area contributed by atoms with Crippen molar-refractivity contribution in [3.05, 3.63) is 29.8 Å². The molecule has 1 amide bonds. The summed E-state index contributed by atoms with van der Waals surface area (Å²) in [6, 6.07) is 6.30. The maximum atomic E-state index is 12.7. The van der Waals surface area contributed by atoms with E-state index in [9.17, 15) is 13.2 Å². The van der Waals surface area contributed by atoms with Crippen molar-refractivity contribution in [1.82, 2.24) is 9.21 Å². The molecule has 0 bridgehead atoms. The molecule has 0 unspecified atom stereocenters. The summed E-state index contributed by atoms with van der Waals surface area (Å²) in [6.45, 7) is 5.53. The molecule has 0 aliphatic carbocycles. The number of ether oxygens (including phenoxy) is 1. The van der Waals surface area contributed by atoms with Gasteiger partial charge in [-0.15, -0.1) is 0 Å². The lowest BCUT2D eigenvalue weighted by Crippen LogP contribution is -2.40. The molecule has 24 heavy (non-hydrogen) atoms. The third-order valence-corrected chi connectivity index (χ3v) is 6.69. The fourth-order valence-electron chi connectivity index (χ4n) is 3.09. The predicted octanol–water partition coefficient (Wildman–Crippen LogP) is 1.58. The Bertz CT molecular complexity index is 673. The van der Waals surface area contributed by atoms with Gasteiger partial charge >= 0.3 is 0 Å². The van der Waals surface area contributed by atoms with E-state index in [1.807, 2.05) is 0 Å². The fraction of sp³-hybridized carbons (Fsp3) is 0.588. The monoisotopic (exact) mass is 352 g/mol. The minimum atomic E-state index is -3.46. The van der Waals surface area contributed by atoms with Gasteiger partial charge in [-0.3, -0.25) is 4.79 Å². The summed E-state index contributed by atoms with van der Waals surface area (Å²) in [5.74, 6) is 0.499. The van der Waals surface area contributed by atoms with Crippen LogP contribution in [-0.4, -0.2) is 62.9 Å². The molecule has 2 fully saturated rings. The van der Waals surface area contributed by atoms with Gasteiger partial charge in [-0.25, -0.2) is 8.42 Å². The van der Waals surface area contributed by atoms with Crippen molar-refractivity contribution in [2.24, 2.45) is 5.92 Å². The third-order valence-electron chi connectivity index (χ3n) is 4.78. The van der Waals surface area contributed by atoms with Gasteiger partial charge in [0.1, 0.15) is 0 Å². The van der Waals surface area contributed by atoms with Gasteiger partial charge in [-0.05, 0) is 43.0 Å². The number of benzene rings is 1. The molecule has 0 N–H and O–H groups in total. The molecule has 0 atom stereocenters. The maximum absolute atomic E-state index is 12.7. The summed E-state index contributed by atoms with van der Waals surface area (Å²) in [4.78, 5) is 14.4. The van der Waals surface area contributed by atoms with Crippen LogP contribution in [0.4, 0.5) is 0 Å². The average molecular weight is 352 g/mol. The lowest BCUT2D eigenvalue weighted by atomic mass is 10.0. The largest absolute Gasteiger partial charge is 0.378 e. The van der Waals surface area contributed by atoms with Crippen LogP contribution in [0.25, 0.3) is 0 Å². The minimum absolute atomic E-state index is 0.0750. The van der Waals surface area contributed by atoms with E-state index in [1.54, 1.807) is 33.5 Å². The molecule has 0 radical (unpaired) electrons. The van der Waals surface area contributed by atoms with Gasteiger partial charge < -0.3 is 9.64 Å². The molecule has 0 spiro atoms. The van der Waals surface area contributed by atoms with Crippen molar-refractivity contribution >= 4 is 15.9 Å². The highest BCUT2D eigenvalue weighted by molar-refractivity contribution is 7.89. The number of hydrogen-bond acceptors (Lipinski definition) is 4. The second kappa shape index (κ2) is 7.21. The smallest absolute Gasteiger partial charge is 0.254 e. The molecule has 2 aliphatic rings. The number of piperidine rings is 1. The van der Waals surface area contributed by atoms with E-state index in [4.69, 9.17) is 4.74 Å². The van der Waals surface area contributed by atoms with E-state index < -0.39 is 10.0 Å². The van der Waals surface area contributed by atoms with Crippen molar-refractivity contribution in [2.45, 2.75) is 24.7 Å². The Balaban J connectivity index is 1.72. The van der Waals surface area contributed by atoms with E-state index in [2.05, 4.69) is 6.92 Å². The van der Waals surface area contributed by atoms with Crippen LogP contribution in [0.15, 0.2) is 29.2 Å². The quantitative estimate of drug-likeness (QED) is 0.828. The number of amides is 1. The van der Waals surface area contributed by atoms with Crippen molar-refractivity contribution in [2.75, 3.05) is 39.4 Å². The maximum Gasteiger partial charge on any atom is 0.254 e. The van der Waals surface area contributed by atoms with Crippen LogP contribution in [0.3, 0.4) is 0 Å². The van der Waals surface area contributed by atoms with E-state index in [0.717, 1.165) is 12.8 Å². The summed E-state index contributed by atoms with van der Waals surface area (Å²) >= 11 is 0. The fourth-order valence-corrected chi connectivity index (χ4v) is 4.56. The van der Waals surface area contributed by atoms with E-state index in [0.29, 0.717) is 50.9 Å². The number of carbonyl (C=O) groups excluding carboxylic acids is 1. The number of hydrogen-bond donors (Lipinski definition) is 0. The third kappa shape index (κ3) is 3.63. The molecule has 7 heteroatoms. The summed E-state index contributed by atoms with van der Waals surface area (Å²) in [5.41, 5.74) is 0.517. The van der Waals surface area contributed by atoms with Crippen LogP contribution in [0.2, 0.25) is 0 Å². The van der Waals surface area contributed by atoms with Crippen molar-refractivity contribution < 1.29 is 17.9 Å². The van der Waals surface area contributed by atoms with Crippen LogP contribution in [0.1, 0.15) is 30.1 Å². The van der Waals surface area contributed by atoms with E-state index in [1.165, 1.54) is 0 Å². The Morgan fingerprint density at radius 3 is 2.21 bits per heavy atom. The van der Waals surface area contributed by atoms with Gasteiger partial charge in [0.25, 0.3) is 5.91 Å². The Morgan fingerprint density at radius 1 is 1.04 bits per heavy atom. The van der Waals surface area contributed by atoms with Crippen molar-refractivity contribution in [3.8, 4) is 0 Å². The normalized spacial score (nSPS) is 21.0. The van der Waals surface area contributed by atoms with Gasteiger partial charge in [0.05, 0.1) is 18.1 Å². The van der Waals surface area contributed by atoms with Gasteiger partial charge in [-0.1, -0.05) is 6.92 Å². The lowest BCUT2D eigenvalue weighted by molar-refractivity contribution is 0.0303. The zero-order valence-electron chi connectivity index (χ0n) is 14.0. The molecule has 132 valence electrons. The van der Waals surface area contributed by atoms with Gasteiger partial charge in [0.15, 0.2) is 0 Å². The number of carbonyl (C=O) groups is 1. The highest BCUT2D eigenvalue weighted by atomic mass is 32.2. The molecule has 0 aromatic heterocycles. The highest BCUT2D eigenvalue weighted by Gasteiger charge is 2.28. The number of nitrogens with zero attached hydrogens (tertiary/aromatic N) is 2. The Hall–Kier alpha value is -1.44. The predicted molar refractivity (Wildman–Crippen MR) is 90.3 cm³/mol. The lowest BCUT2D eigenvalue weighted by Gasteiger charge is -2.29.